The zero-order valence-electron chi connectivity index (χ0n) is 28.8. The molecule has 2 aromatic rings. The second-order valence-corrected chi connectivity index (χ2v) is 13.2. The van der Waals surface area contributed by atoms with Gasteiger partial charge >= 0.3 is 0 Å². The fourth-order valence-corrected chi connectivity index (χ4v) is 5.66. The number of benzene rings is 2. The van der Waals surface area contributed by atoms with Gasteiger partial charge in [-0.3, -0.25) is 33.6 Å². The topological polar surface area (TPSA) is 195 Å². The van der Waals surface area contributed by atoms with E-state index in [1.807, 2.05) is 0 Å². The van der Waals surface area contributed by atoms with E-state index in [1.54, 1.807) is 34.1 Å². The molecule has 5 N–H and O–H groups in total. The minimum atomic E-state index is -1.35. The molecule has 0 atom stereocenters. The molecule has 0 radical (unpaired) electrons. The van der Waals surface area contributed by atoms with Crippen LogP contribution >= 0.6 is 23.2 Å². The van der Waals surface area contributed by atoms with Crippen molar-refractivity contribution < 1.29 is 61.5 Å². The second kappa shape index (κ2) is 22.5. The molecule has 2 amide bonds. The van der Waals surface area contributed by atoms with Crippen LogP contribution in [-0.2, 0) is 14.4 Å². The quantitative estimate of drug-likeness (QED) is 0.214. The van der Waals surface area contributed by atoms with Crippen LogP contribution in [0.3, 0.4) is 0 Å². The van der Waals surface area contributed by atoms with Crippen LogP contribution in [0.5, 0.6) is 0 Å². The molecule has 0 saturated carbocycles. The third-order valence-electron chi connectivity index (χ3n) is 8.59. The normalized spacial score (nSPS) is 18.1. The first-order valence-electron chi connectivity index (χ1n) is 17.0. The summed E-state index contributed by atoms with van der Waals surface area (Å²) in [5, 5.41) is 21.9. The number of hydrogen-bond acceptors (Lipinski definition) is 10. The number of Topliss-reactive ketones (excluding diaryl/α,β-unsaturated/α-hetero) is 3. The van der Waals surface area contributed by atoms with E-state index in [4.69, 9.17) is 33.4 Å². The molecular formula is C36H45Cl3N4O9. The van der Waals surface area contributed by atoms with E-state index < -0.39 is 16.3 Å². The van der Waals surface area contributed by atoms with Crippen LogP contribution in [0.2, 0.25) is 0 Å². The Morgan fingerprint density at radius 3 is 1.13 bits per heavy atom. The standard InChI is InChI=1S/C18H20N2O4.C8H4Cl2O2.C5H11NO2.C5H9NO.ClH/c21-15-5-9-19(10-6-15)17(23)13-1-2-14(4-3-13)18(24)20-11-7-16(22)8-12-20;9-7(11)5-1-2-6(4-3-5)8(10)12;7-5(8)1-3-6-4-2-5;7-5-1-3-6-4-2-5;/h1-4H,5-12H2;1-4H;6-8H,1-4H2;6H,1-4H2;1H. The summed E-state index contributed by atoms with van der Waals surface area (Å²) in [5.41, 5.74) is 1.74. The summed E-state index contributed by atoms with van der Waals surface area (Å²) < 4.78 is 0. The first-order valence-corrected chi connectivity index (χ1v) is 17.7. The SMILES string of the molecule is O=C(Cl)c1ccc(C(=O)Cl)cc1.O=C1CCN(C(=O)c2ccc(C(=O)N3CCC(=O)CC3)cc2)CC1.O=C1CCNCC1.OC1(O)CC[NH2+]CC1.[Cl-]. The van der Waals surface area contributed by atoms with Crippen molar-refractivity contribution in [3.63, 3.8) is 0 Å². The first kappa shape index (κ1) is 44.6. The minimum absolute atomic E-state index is 0. The van der Waals surface area contributed by atoms with E-state index in [9.17, 15) is 33.6 Å². The lowest BCUT2D eigenvalue weighted by molar-refractivity contribution is -0.672. The van der Waals surface area contributed by atoms with Crippen molar-refractivity contribution in [3.8, 4) is 0 Å². The lowest BCUT2D eigenvalue weighted by Gasteiger charge is -2.27. The molecule has 13 nitrogen and oxygen atoms in total. The molecule has 6 rings (SSSR count). The monoisotopic (exact) mass is 782 g/mol. The average Bonchev–Trinajstić information content (AvgIpc) is 3.13. The third kappa shape index (κ3) is 15.6. The number of piperidine rings is 4. The van der Waals surface area contributed by atoms with Gasteiger partial charge in [-0.15, -0.1) is 0 Å². The van der Waals surface area contributed by atoms with Crippen molar-refractivity contribution in [1.29, 1.82) is 0 Å². The van der Waals surface area contributed by atoms with Gasteiger partial charge in [0.25, 0.3) is 22.3 Å². The number of rotatable bonds is 4. The number of nitrogens with two attached hydrogens (primary N) is 1. The van der Waals surface area contributed by atoms with Gasteiger partial charge in [0.1, 0.15) is 17.3 Å². The second-order valence-electron chi connectivity index (χ2n) is 12.5. The summed E-state index contributed by atoms with van der Waals surface area (Å²) in [4.78, 5) is 82.2. The van der Waals surface area contributed by atoms with Crippen LogP contribution in [0.1, 0.15) is 92.8 Å². The number of nitrogens with one attached hydrogen (secondary N) is 1. The molecular weight excluding hydrogens is 739 g/mol. The van der Waals surface area contributed by atoms with Gasteiger partial charge in [0.2, 0.25) is 0 Å². The zero-order chi connectivity index (χ0) is 37.4. The van der Waals surface area contributed by atoms with E-state index >= 15 is 0 Å². The van der Waals surface area contributed by atoms with Crippen LogP contribution < -0.4 is 23.0 Å². The minimum Gasteiger partial charge on any atom is -1.00 e. The summed E-state index contributed by atoms with van der Waals surface area (Å²) in [6.45, 7) is 5.29. The van der Waals surface area contributed by atoms with Gasteiger partial charge in [0, 0.05) is 100 Å². The molecule has 0 aromatic heterocycles. The highest BCUT2D eigenvalue weighted by Crippen LogP contribution is 2.16. The predicted molar refractivity (Wildman–Crippen MR) is 189 cm³/mol. The Morgan fingerprint density at radius 1 is 0.577 bits per heavy atom. The van der Waals surface area contributed by atoms with Crippen LogP contribution in [0.15, 0.2) is 48.5 Å². The van der Waals surface area contributed by atoms with Gasteiger partial charge in [0.05, 0.1) is 25.9 Å². The Morgan fingerprint density at radius 2 is 0.885 bits per heavy atom. The summed E-state index contributed by atoms with van der Waals surface area (Å²) in [6.07, 6.45) is 4.14. The van der Waals surface area contributed by atoms with E-state index in [1.165, 1.54) is 24.3 Å². The van der Waals surface area contributed by atoms with Crippen molar-refractivity contribution in [2.45, 2.75) is 57.2 Å². The number of halogens is 3. The number of amides is 2. The van der Waals surface area contributed by atoms with Gasteiger partial charge in [-0.05, 0) is 71.7 Å². The summed E-state index contributed by atoms with van der Waals surface area (Å²) in [5.74, 6) is -0.775. The van der Waals surface area contributed by atoms with Crippen molar-refractivity contribution >= 4 is 62.9 Å². The Labute approximate surface area is 318 Å². The van der Waals surface area contributed by atoms with Gasteiger partial charge in [-0.2, -0.15) is 0 Å². The highest BCUT2D eigenvalue weighted by Gasteiger charge is 2.27. The Bertz CT molecular complexity index is 1430. The fourth-order valence-electron chi connectivity index (χ4n) is 5.41. The number of nitrogens with zero attached hydrogens (tertiary/aromatic N) is 2. The molecule has 4 aliphatic heterocycles. The number of carbonyl (C=O) groups is 7. The van der Waals surface area contributed by atoms with E-state index in [0.717, 1.165) is 39.0 Å². The number of ketones is 3. The number of likely N-dealkylation sites (tertiary alicyclic amines) is 2. The molecule has 284 valence electrons. The van der Waals surface area contributed by atoms with Crippen LogP contribution in [-0.4, -0.2) is 118 Å². The van der Waals surface area contributed by atoms with Crippen LogP contribution in [0, 0.1) is 0 Å². The molecule has 0 bridgehead atoms. The highest BCUT2D eigenvalue weighted by molar-refractivity contribution is 6.68. The van der Waals surface area contributed by atoms with Crippen molar-refractivity contribution in [3.05, 3.63) is 70.8 Å². The summed E-state index contributed by atoms with van der Waals surface area (Å²) in [7, 11) is 0. The molecule has 0 spiro atoms. The fraction of sp³-hybridized carbons (Fsp3) is 0.472. The Balaban J connectivity index is 0.000000277. The van der Waals surface area contributed by atoms with Crippen molar-refractivity contribution in [1.82, 2.24) is 15.1 Å². The maximum atomic E-state index is 12.4. The average molecular weight is 784 g/mol. The Kier molecular flexibility index (Phi) is 19.3. The number of carbonyl (C=O) groups excluding carboxylic acids is 7. The third-order valence-corrected chi connectivity index (χ3v) is 9.03. The molecule has 16 heteroatoms. The number of quaternary nitrogens is 1. The maximum absolute atomic E-state index is 12.4. The Hall–Kier alpha value is -3.56. The maximum Gasteiger partial charge on any atom is 0.253 e. The highest BCUT2D eigenvalue weighted by atomic mass is 35.5. The van der Waals surface area contributed by atoms with E-state index in [0.29, 0.717) is 92.7 Å². The van der Waals surface area contributed by atoms with Gasteiger partial charge in [-0.1, -0.05) is 0 Å². The van der Waals surface area contributed by atoms with E-state index in [2.05, 4.69) is 10.6 Å². The number of hydrogen-bond donors (Lipinski definition) is 4. The largest absolute Gasteiger partial charge is 1.00 e. The van der Waals surface area contributed by atoms with Crippen molar-refractivity contribution in [2.24, 2.45) is 0 Å². The van der Waals surface area contributed by atoms with Crippen LogP contribution in [0.4, 0.5) is 0 Å². The van der Waals surface area contributed by atoms with Crippen LogP contribution in [0.25, 0.3) is 0 Å². The molecule has 4 heterocycles. The summed E-state index contributed by atoms with van der Waals surface area (Å²) in [6, 6.07) is 12.4. The number of aliphatic hydroxyl groups is 2. The van der Waals surface area contributed by atoms with Crippen molar-refractivity contribution in [2.75, 3.05) is 52.4 Å². The first-order chi connectivity index (χ1) is 24.3. The van der Waals surface area contributed by atoms with Gasteiger partial charge in [-0.25, -0.2) is 0 Å². The van der Waals surface area contributed by atoms with Gasteiger partial charge < -0.3 is 43.1 Å². The van der Waals surface area contributed by atoms with E-state index in [-0.39, 0.29) is 35.8 Å². The molecule has 4 fully saturated rings. The molecule has 0 aliphatic carbocycles. The zero-order valence-corrected chi connectivity index (χ0v) is 31.1. The molecule has 2 aromatic carbocycles. The molecule has 52 heavy (non-hydrogen) atoms. The van der Waals surface area contributed by atoms with Gasteiger partial charge in [0.15, 0.2) is 5.79 Å². The lowest BCUT2D eigenvalue weighted by atomic mass is 10.1. The lowest BCUT2D eigenvalue weighted by Crippen LogP contribution is -3.00. The summed E-state index contributed by atoms with van der Waals surface area (Å²) >= 11 is 10.4. The smallest absolute Gasteiger partial charge is 0.253 e. The molecule has 0 unspecified atom stereocenters. The molecule has 4 saturated heterocycles. The predicted octanol–water partition coefficient (Wildman–Crippen LogP) is -1.29. The molecule has 4 aliphatic rings.